The highest BCUT2D eigenvalue weighted by molar-refractivity contribution is 5.80. The zero-order valence-electron chi connectivity index (χ0n) is 16.5. The van der Waals surface area contributed by atoms with Crippen molar-refractivity contribution in [2.45, 2.75) is 64.1 Å². The zero-order chi connectivity index (χ0) is 18.0. The van der Waals surface area contributed by atoms with E-state index in [1.54, 1.807) is 0 Å². The van der Waals surface area contributed by atoms with Crippen LogP contribution in [-0.2, 0) is 14.2 Å². The van der Waals surface area contributed by atoms with E-state index in [9.17, 15) is 0 Å². The maximum atomic E-state index is 6.12. The molecule has 2 heterocycles. The first-order valence-electron chi connectivity index (χ1n) is 10.7. The lowest BCUT2D eigenvalue weighted by molar-refractivity contribution is -0.0721. The standard InChI is InChI=1S/C20H37N3O3/c1-2-21-20(22-10-14-24-15-17-6-7-17)23-11-8-18(9-12-23)26-16-19-5-3-4-13-25-19/h17-19H,2-16H2,1H3,(H,21,22). The Bertz CT molecular complexity index is 415. The monoisotopic (exact) mass is 367 g/mol. The van der Waals surface area contributed by atoms with Gasteiger partial charge in [-0.2, -0.15) is 0 Å². The molecule has 1 atom stereocenters. The smallest absolute Gasteiger partial charge is 0.193 e. The van der Waals surface area contributed by atoms with Gasteiger partial charge in [0.1, 0.15) is 0 Å². The molecule has 3 fully saturated rings. The predicted octanol–water partition coefficient (Wildman–Crippen LogP) is 2.43. The summed E-state index contributed by atoms with van der Waals surface area (Å²) >= 11 is 0. The number of piperidine rings is 1. The van der Waals surface area contributed by atoms with Crippen LogP contribution in [0.5, 0.6) is 0 Å². The summed E-state index contributed by atoms with van der Waals surface area (Å²) in [4.78, 5) is 7.11. The number of likely N-dealkylation sites (tertiary alicyclic amines) is 1. The Hall–Kier alpha value is -0.850. The molecule has 0 aromatic carbocycles. The predicted molar refractivity (Wildman–Crippen MR) is 104 cm³/mol. The molecule has 1 aliphatic carbocycles. The number of nitrogens with one attached hydrogen (secondary N) is 1. The van der Waals surface area contributed by atoms with Crippen molar-refractivity contribution in [1.82, 2.24) is 10.2 Å². The number of rotatable bonds is 9. The van der Waals surface area contributed by atoms with Gasteiger partial charge in [0.05, 0.1) is 32.0 Å². The van der Waals surface area contributed by atoms with Gasteiger partial charge in [-0.25, -0.2) is 0 Å². The van der Waals surface area contributed by atoms with Crippen LogP contribution in [-0.4, -0.2) is 75.7 Å². The van der Waals surface area contributed by atoms with Crippen LogP contribution in [0.1, 0.15) is 51.9 Å². The average Bonchev–Trinajstić information content (AvgIpc) is 3.51. The Morgan fingerprint density at radius 1 is 1.12 bits per heavy atom. The minimum absolute atomic E-state index is 0.316. The second-order valence-electron chi connectivity index (χ2n) is 7.76. The molecule has 0 bridgehead atoms. The molecule has 1 N–H and O–H groups in total. The molecule has 0 spiro atoms. The molecule has 0 aromatic heterocycles. The number of hydrogen-bond donors (Lipinski definition) is 1. The van der Waals surface area contributed by atoms with E-state index in [1.165, 1.54) is 25.7 Å². The normalized spacial score (nSPS) is 25.5. The summed E-state index contributed by atoms with van der Waals surface area (Å²) in [6.07, 6.45) is 9.12. The van der Waals surface area contributed by atoms with Gasteiger partial charge < -0.3 is 24.4 Å². The van der Waals surface area contributed by atoms with E-state index in [-0.39, 0.29) is 0 Å². The fraction of sp³-hybridized carbons (Fsp3) is 0.950. The van der Waals surface area contributed by atoms with Gasteiger partial charge in [0.15, 0.2) is 5.96 Å². The summed E-state index contributed by atoms with van der Waals surface area (Å²) in [5, 5.41) is 3.42. The van der Waals surface area contributed by atoms with Gasteiger partial charge in [-0.05, 0) is 57.8 Å². The third kappa shape index (κ3) is 7.05. The summed E-state index contributed by atoms with van der Waals surface area (Å²) in [7, 11) is 0. The molecule has 1 unspecified atom stereocenters. The molecular weight excluding hydrogens is 330 g/mol. The minimum Gasteiger partial charge on any atom is -0.379 e. The quantitative estimate of drug-likeness (QED) is 0.385. The summed E-state index contributed by atoms with van der Waals surface area (Å²) < 4.78 is 17.6. The molecular formula is C20H37N3O3. The van der Waals surface area contributed by atoms with E-state index >= 15 is 0 Å². The molecule has 3 rings (SSSR count). The Kier molecular flexibility index (Phi) is 8.49. The van der Waals surface area contributed by atoms with Crippen LogP contribution in [0.3, 0.4) is 0 Å². The maximum absolute atomic E-state index is 6.12. The maximum Gasteiger partial charge on any atom is 0.193 e. The molecule has 6 heteroatoms. The largest absolute Gasteiger partial charge is 0.379 e. The van der Waals surface area contributed by atoms with Crippen molar-refractivity contribution >= 4 is 5.96 Å². The highest BCUT2D eigenvalue weighted by atomic mass is 16.5. The van der Waals surface area contributed by atoms with Crippen LogP contribution < -0.4 is 5.32 Å². The zero-order valence-corrected chi connectivity index (χ0v) is 16.5. The highest BCUT2D eigenvalue weighted by Crippen LogP contribution is 2.28. The fourth-order valence-electron chi connectivity index (χ4n) is 3.59. The minimum atomic E-state index is 0.316. The van der Waals surface area contributed by atoms with Crippen LogP contribution >= 0.6 is 0 Å². The second kappa shape index (κ2) is 11.1. The molecule has 2 saturated heterocycles. The molecule has 0 amide bonds. The molecule has 6 nitrogen and oxygen atoms in total. The molecule has 0 radical (unpaired) electrons. The number of hydrogen-bond acceptors (Lipinski definition) is 4. The molecule has 0 aromatic rings. The van der Waals surface area contributed by atoms with Crippen LogP contribution in [0, 0.1) is 5.92 Å². The number of ether oxygens (including phenoxy) is 3. The van der Waals surface area contributed by atoms with Crippen molar-refractivity contribution in [2.24, 2.45) is 10.9 Å². The molecule has 2 aliphatic heterocycles. The second-order valence-corrected chi connectivity index (χ2v) is 7.76. The number of nitrogens with zero attached hydrogens (tertiary/aromatic N) is 2. The average molecular weight is 368 g/mol. The van der Waals surface area contributed by atoms with Gasteiger partial charge >= 0.3 is 0 Å². The topological polar surface area (TPSA) is 55.3 Å². The first kappa shape index (κ1) is 19.9. The van der Waals surface area contributed by atoms with E-state index in [2.05, 4.69) is 17.1 Å². The van der Waals surface area contributed by atoms with E-state index in [4.69, 9.17) is 19.2 Å². The van der Waals surface area contributed by atoms with Crippen LogP contribution in [0.15, 0.2) is 4.99 Å². The lowest BCUT2D eigenvalue weighted by Crippen LogP contribution is -2.47. The lowest BCUT2D eigenvalue weighted by Gasteiger charge is -2.35. The molecule has 1 saturated carbocycles. The van der Waals surface area contributed by atoms with Crippen LogP contribution in [0.2, 0.25) is 0 Å². The third-order valence-electron chi connectivity index (χ3n) is 5.42. The Morgan fingerprint density at radius 2 is 1.96 bits per heavy atom. The van der Waals surface area contributed by atoms with E-state index in [1.807, 2.05) is 0 Å². The highest BCUT2D eigenvalue weighted by Gasteiger charge is 2.24. The Morgan fingerprint density at radius 3 is 2.65 bits per heavy atom. The summed E-state index contributed by atoms with van der Waals surface area (Å²) in [6.45, 7) is 9.08. The van der Waals surface area contributed by atoms with Gasteiger partial charge in [-0.1, -0.05) is 0 Å². The van der Waals surface area contributed by atoms with Crippen LogP contribution in [0.25, 0.3) is 0 Å². The van der Waals surface area contributed by atoms with Crippen molar-refractivity contribution in [2.75, 3.05) is 52.6 Å². The molecule has 3 aliphatic rings. The van der Waals surface area contributed by atoms with E-state index in [0.717, 1.165) is 83.7 Å². The summed E-state index contributed by atoms with van der Waals surface area (Å²) in [6, 6.07) is 0. The third-order valence-corrected chi connectivity index (χ3v) is 5.42. The summed E-state index contributed by atoms with van der Waals surface area (Å²) in [5.74, 6) is 1.85. The van der Waals surface area contributed by atoms with E-state index in [0.29, 0.717) is 12.2 Å². The first-order chi connectivity index (χ1) is 12.8. The van der Waals surface area contributed by atoms with Gasteiger partial charge in [-0.15, -0.1) is 0 Å². The summed E-state index contributed by atoms with van der Waals surface area (Å²) in [5.41, 5.74) is 0. The van der Waals surface area contributed by atoms with Gasteiger partial charge in [-0.3, -0.25) is 4.99 Å². The van der Waals surface area contributed by atoms with Crippen molar-refractivity contribution in [3.05, 3.63) is 0 Å². The Balaban J connectivity index is 1.33. The SMILES string of the molecule is CCNC(=NCCOCC1CC1)N1CCC(OCC2CCCCO2)CC1. The number of aliphatic imine (C=N–C) groups is 1. The van der Waals surface area contributed by atoms with Gasteiger partial charge in [0, 0.05) is 32.8 Å². The molecule has 26 heavy (non-hydrogen) atoms. The van der Waals surface area contributed by atoms with Crippen molar-refractivity contribution in [3.63, 3.8) is 0 Å². The van der Waals surface area contributed by atoms with Crippen LogP contribution in [0.4, 0.5) is 0 Å². The van der Waals surface area contributed by atoms with E-state index < -0.39 is 0 Å². The van der Waals surface area contributed by atoms with Crippen molar-refractivity contribution < 1.29 is 14.2 Å². The first-order valence-corrected chi connectivity index (χ1v) is 10.7. The van der Waals surface area contributed by atoms with Crippen molar-refractivity contribution in [1.29, 1.82) is 0 Å². The van der Waals surface area contributed by atoms with Gasteiger partial charge in [0.25, 0.3) is 0 Å². The van der Waals surface area contributed by atoms with Crippen molar-refractivity contribution in [3.8, 4) is 0 Å². The van der Waals surface area contributed by atoms with Gasteiger partial charge in [0.2, 0.25) is 0 Å². The fourth-order valence-corrected chi connectivity index (χ4v) is 3.59. The molecule has 150 valence electrons. The Labute approximate surface area is 158 Å². The lowest BCUT2D eigenvalue weighted by atomic mass is 10.1. The number of guanidine groups is 1.